The van der Waals surface area contributed by atoms with E-state index in [1.54, 1.807) is 35.0 Å². The predicted molar refractivity (Wildman–Crippen MR) is 128 cm³/mol. The van der Waals surface area contributed by atoms with Gasteiger partial charge in [0.25, 0.3) is 0 Å². The molecule has 3 amide bonds. The summed E-state index contributed by atoms with van der Waals surface area (Å²) >= 11 is 5.92. The van der Waals surface area contributed by atoms with E-state index in [2.05, 4.69) is 21.3 Å². The van der Waals surface area contributed by atoms with Crippen LogP contribution in [0, 0.1) is 5.92 Å². The molecule has 3 unspecified atom stereocenters. The normalized spacial score (nSPS) is 22.2. The first-order valence-electron chi connectivity index (χ1n) is 11.1. The molecule has 0 bridgehead atoms. The fourth-order valence-electron chi connectivity index (χ4n) is 4.51. The van der Waals surface area contributed by atoms with Crippen molar-refractivity contribution in [3.8, 4) is 11.3 Å². The predicted octanol–water partition coefficient (Wildman–Crippen LogP) is 4.58. The molecule has 1 aliphatic heterocycles. The summed E-state index contributed by atoms with van der Waals surface area (Å²) in [6.07, 6.45) is 3.44. The molecule has 8 nitrogen and oxygen atoms in total. The van der Waals surface area contributed by atoms with Gasteiger partial charge in [-0.2, -0.15) is 5.10 Å². The number of urea groups is 1. The molecule has 1 saturated carbocycles. The summed E-state index contributed by atoms with van der Waals surface area (Å²) in [5.74, 6) is 0.466. The van der Waals surface area contributed by atoms with Gasteiger partial charge >= 0.3 is 6.03 Å². The summed E-state index contributed by atoms with van der Waals surface area (Å²) in [6, 6.07) is 18.0. The monoisotopic (exact) mass is 464 g/mol. The number of fused-ring (bicyclic) bond motifs is 1. The SMILES string of the molecule is O=C(Nc1ccc(Cl)cc1)Nc1cc(-c2ccccc2)nn1C1NC(=O)C2CCCCC2N1. The maximum Gasteiger partial charge on any atom is 0.324 e. The number of nitrogens with one attached hydrogen (secondary N) is 4. The largest absolute Gasteiger partial charge is 0.324 e. The highest BCUT2D eigenvalue weighted by Crippen LogP contribution is 2.31. The molecule has 3 atom stereocenters. The van der Waals surface area contributed by atoms with Crippen LogP contribution < -0.4 is 21.3 Å². The minimum Gasteiger partial charge on any atom is -0.322 e. The van der Waals surface area contributed by atoms with Gasteiger partial charge in [-0.15, -0.1) is 0 Å². The van der Waals surface area contributed by atoms with Crippen molar-refractivity contribution in [2.24, 2.45) is 5.92 Å². The first-order chi connectivity index (χ1) is 16.1. The lowest BCUT2D eigenvalue weighted by molar-refractivity contribution is -0.132. The second-order valence-electron chi connectivity index (χ2n) is 8.39. The number of nitrogens with zero attached hydrogens (tertiary/aromatic N) is 2. The lowest BCUT2D eigenvalue weighted by Crippen LogP contribution is -2.59. The van der Waals surface area contributed by atoms with Gasteiger partial charge in [0.05, 0.1) is 11.6 Å². The van der Waals surface area contributed by atoms with Gasteiger partial charge in [0, 0.05) is 28.4 Å². The Bertz CT molecular complexity index is 1150. The van der Waals surface area contributed by atoms with Crippen LogP contribution in [-0.2, 0) is 4.79 Å². The highest BCUT2D eigenvalue weighted by atomic mass is 35.5. The van der Waals surface area contributed by atoms with E-state index < -0.39 is 12.3 Å². The second-order valence-corrected chi connectivity index (χ2v) is 8.82. The quantitative estimate of drug-likeness (QED) is 0.454. The molecule has 5 rings (SSSR count). The molecule has 170 valence electrons. The van der Waals surface area contributed by atoms with Gasteiger partial charge < -0.3 is 10.6 Å². The molecule has 2 aliphatic rings. The van der Waals surface area contributed by atoms with Crippen molar-refractivity contribution in [1.82, 2.24) is 20.4 Å². The maximum absolute atomic E-state index is 12.8. The van der Waals surface area contributed by atoms with Crippen molar-refractivity contribution in [2.45, 2.75) is 38.0 Å². The van der Waals surface area contributed by atoms with Gasteiger partial charge in [-0.05, 0) is 37.1 Å². The Morgan fingerprint density at radius 3 is 2.58 bits per heavy atom. The van der Waals surface area contributed by atoms with Crippen LogP contribution in [0.25, 0.3) is 11.3 Å². The molecule has 2 heterocycles. The van der Waals surface area contributed by atoms with Crippen molar-refractivity contribution < 1.29 is 9.59 Å². The van der Waals surface area contributed by atoms with Crippen molar-refractivity contribution in [2.75, 3.05) is 10.6 Å². The smallest absolute Gasteiger partial charge is 0.322 e. The summed E-state index contributed by atoms with van der Waals surface area (Å²) in [6.45, 7) is 0. The second kappa shape index (κ2) is 9.25. The van der Waals surface area contributed by atoms with Crippen LogP contribution in [0.15, 0.2) is 60.7 Å². The van der Waals surface area contributed by atoms with E-state index in [0.717, 1.165) is 31.2 Å². The Labute approximate surface area is 196 Å². The van der Waals surface area contributed by atoms with Gasteiger partial charge in [-0.1, -0.05) is 54.8 Å². The number of benzene rings is 2. The van der Waals surface area contributed by atoms with E-state index in [-0.39, 0.29) is 17.9 Å². The molecule has 0 spiro atoms. The third kappa shape index (κ3) is 4.72. The van der Waals surface area contributed by atoms with Crippen LogP contribution in [0.4, 0.5) is 16.3 Å². The minimum absolute atomic E-state index is 0.0243. The van der Waals surface area contributed by atoms with E-state index in [1.807, 2.05) is 30.3 Å². The lowest BCUT2D eigenvalue weighted by Gasteiger charge is -2.40. The van der Waals surface area contributed by atoms with Crippen LogP contribution in [0.5, 0.6) is 0 Å². The number of carbonyl (C=O) groups is 2. The average molecular weight is 465 g/mol. The van der Waals surface area contributed by atoms with Gasteiger partial charge in [0.1, 0.15) is 5.82 Å². The zero-order chi connectivity index (χ0) is 22.8. The Morgan fingerprint density at radius 2 is 1.79 bits per heavy atom. The van der Waals surface area contributed by atoms with Crippen molar-refractivity contribution in [1.29, 1.82) is 0 Å². The first-order valence-corrected chi connectivity index (χ1v) is 11.5. The Hall–Kier alpha value is -3.36. The van der Waals surface area contributed by atoms with E-state index in [1.165, 1.54) is 0 Å². The Morgan fingerprint density at radius 1 is 1.03 bits per heavy atom. The zero-order valence-electron chi connectivity index (χ0n) is 17.9. The van der Waals surface area contributed by atoms with E-state index in [4.69, 9.17) is 16.7 Å². The summed E-state index contributed by atoms with van der Waals surface area (Å²) in [5, 5.41) is 17.5. The number of anilines is 2. The number of aromatic nitrogens is 2. The number of halogens is 1. The van der Waals surface area contributed by atoms with Crippen LogP contribution in [0.3, 0.4) is 0 Å². The average Bonchev–Trinajstić information content (AvgIpc) is 3.25. The molecule has 2 fully saturated rings. The number of carbonyl (C=O) groups excluding carboxylic acids is 2. The summed E-state index contributed by atoms with van der Waals surface area (Å²) in [5.41, 5.74) is 2.22. The molecular weight excluding hydrogens is 440 g/mol. The van der Waals surface area contributed by atoms with Crippen molar-refractivity contribution in [3.05, 3.63) is 65.7 Å². The van der Waals surface area contributed by atoms with Crippen LogP contribution in [0.1, 0.15) is 32.0 Å². The van der Waals surface area contributed by atoms with Gasteiger partial charge in [-0.25, -0.2) is 9.48 Å². The fourth-order valence-corrected chi connectivity index (χ4v) is 4.63. The molecule has 9 heteroatoms. The lowest BCUT2D eigenvalue weighted by atomic mass is 9.83. The highest BCUT2D eigenvalue weighted by molar-refractivity contribution is 6.30. The molecule has 2 aromatic carbocycles. The third-order valence-corrected chi connectivity index (χ3v) is 6.40. The van der Waals surface area contributed by atoms with Crippen LogP contribution >= 0.6 is 11.6 Å². The Kier molecular flexibility index (Phi) is 6.02. The topological polar surface area (TPSA) is 100 Å². The van der Waals surface area contributed by atoms with Gasteiger partial charge in [0.15, 0.2) is 6.29 Å². The standard InChI is InChI=1S/C24H25ClN6O2/c25-16-10-12-17(13-11-16)26-24(33)28-21-14-20(15-6-2-1-3-7-15)30-31(21)23-27-19-9-5-4-8-18(19)22(32)29-23/h1-3,6-7,10-14,18-19,23,27H,4-5,8-9H2,(H,29,32)(H2,26,28,33). The first kappa shape index (κ1) is 21.5. The summed E-state index contributed by atoms with van der Waals surface area (Å²) in [4.78, 5) is 25.5. The van der Waals surface area contributed by atoms with E-state index >= 15 is 0 Å². The molecule has 1 saturated heterocycles. The van der Waals surface area contributed by atoms with Crippen molar-refractivity contribution in [3.63, 3.8) is 0 Å². The van der Waals surface area contributed by atoms with Crippen LogP contribution in [-0.4, -0.2) is 27.8 Å². The van der Waals surface area contributed by atoms with E-state index in [9.17, 15) is 9.59 Å². The molecule has 1 aromatic heterocycles. The Balaban J connectivity index is 1.42. The fraction of sp³-hybridized carbons (Fsp3) is 0.292. The van der Waals surface area contributed by atoms with Crippen molar-refractivity contribution >= 4 is 35.0 Å². The number of hydrogen-bond donors (Lipinski definition) is 4. The maximum atomic E-state index is 12.8. The van der Waals surface area contributed by atoms with Crippen LogP contribution in [0.2, 0.25) is 5.02 Å². The molecule has 0 radical (unpaired) electrons. The summed E-state index contributed by atoms with van der Waals surface area (Å²) < 4.78 is 1.63. The minimum atomic E-state index is -0.555. The highest BCUT2D eigenvalue weighted by Gasteiger charge is 2.38. The molecule has 33 heavy (non-hydrogen) atoms. The number of amides is 3. The zero-order valence-corrected chi connectivity index (χ0v) is 18.7. The number of hydrogen-bond acceptors (Lipinski definition) is 4. The number of rotatable bonds is 4. The molecular formula is C24H25ClN6O2. The van der Waals surface area contributed by atoms with Gasteiger partial charge in [-0.3, -0.25) is 15.4 Å². The molecule has 3 aromatic rings. The molecule has 4 N–H and O–H groups in total. The van der Waals surface area contributed by atoms with Gasteiger partial charge in [0.2, 0.25) is 5.91 Å². The van der Waals surface area contributed by atoms with E-state index in [0.29, 0.717) is 22.2 Å². The third-order valence-electron chi connectivity index (χ3n) is 6.15. The summed E-state index contributed by atoms with van der Waals surface area (Å²) in [7, 11) is 0. The molecule has 1 aliphatic carbocycles.